The van der Waals surface area contributed by atoms with E-state index in [1.54, 1.807) is 26.2 Å². The predicted octanol–water partition coefficient (Wildman–Crippen LogP) is -2.18. The van der Waals surface area contributed by atoms with E-state index in [0.717, 1.165) is 0 Å². The van der Waals surface area contributed by atoms with Crippen LogP contribution in [0.5, 0.6) is 0 Å². The first-order valence-corrected chi connectivity index (χ1v) is 17.7. The van der Waals surface area contributed by atoms with Gasteiger partial charge in [0.2, 0.25) is 0 Å². The predicted molar refractivity (Wildman–Crippen MR) is 66.9 cm³/mol. The standard InChI is InChI=1S/2C2H8O2Si3.Cu/c2*1-6(3)5-7(2)4;/h2*3-4H,1-2H3;. The Labute approximate surface area is 113 Å². The maximum absolute atomic E-state index is 8.70. The fourth-order valence-electron chi connectivity index (χ4n) is 0.524. The van der Waals surface area contributed by atoms with Crippen LogP contribution in [0, 0.1) is 0 Å². The van der Waals surface area contributed by atoms with Gasteiger partial charge in [-0.2, -0.15) is 0 Å². The molecular formula is C4H16CuO4Si6. The minimum atomic E-state index is -1.11. The van der Waals surface area contributed by atoms with E-state index in [-0.39, 0.29) is 17.1 Å². The maximum Gasteiger partial charge on any atom is 0.182 e. The molecule has 0 bridgehead atoms. The van der Waals surface area contributed by atoms with Crippen molar-refractivity contribution < 1.29 is 36.3 Å². The molecule has 0 saturated carbocycles. The van der Waals surface area contributed by atoms with Gasteiger partial charge < -0.3 is 19.2 Å². The Kier molecular flexibility index (Phi) is 20.0. The number of rotatable bonds is 4. The molecule has 0 amide bonds. The van der Waals surface area contributed by atoms with Gasteiger partial charge in [0, 0.05) is 17.1 Å². The molecule has 15 heavy (non-hydrogen) atoms. The Bertz CT molecular complexity index is 99.7. The van der Waals surface area contributed by atoms with Crippen molar-refractivity contribution in [1.82, 2.24) is 0 Å². The third kappa shape index (κ3) is 31.3. The van der Waals surface area contributed by atoms with Crippen LogP contribution in [0.15, 0.2) is 0 Å². The summed E-state index contributed by atoms with van der Waals surface area (Å²) < 4.78 is 0. The second-order valence-electron chi connectivity index (χ2n) is 2.59. The van der Waals surface area contributed by atoms with Gasteiger partial charge in [-0.3, -0.25) is 0 Å². The first kappa shape index (κ1) is 21.9. The SMILES string of the molecule is C[Si](O)[Si][Si](C)O.C[Si](O)[Si][Si](C)O.[Cu]. The fraction of sp³-hybridized carbons (Fsp3) is 1.00. The summed E-state index contributed by atoms with van der Waals surface area (Å²) in [4.78, 5) is 34.8. The van der Waals surface area contributed by atoms with Gasteiger partial charge in [-0.05, 0) is 26.2 Å². The van der Waals surface area contributed by atoms with Crippen LogP contribution in [-0.2, 0) is 17.1 Å². The molecule has 91 valence electrons. The number of hydrogen-bond acceptors (Lipinski definition) is 4. The summed E-state index contributed by atoms with van der Waals surface area (Å²) in [7, 11) is -3.52. The van der Waals surface area contributed by atoms with Crippen LogP contribution in [0.2, 0.25) is 26.2 Å². The number of hydrogen-bond donors (Lipinski definition) is 4. The molecule has 11 heteroatoms. The summed E-state index contributed by atoms with van der Waals surface area (Å²) in [6.45, 7) is 7.20. The first-order valence-electron chi connectivity index (χ1n) is 3.89. The molecule has 0 aromatic rings. The van der Waals surface area contributed by atoms with Crippen LogP contribution in [0.25, 0.3) is 0 Å². The minimum Gasteiger partial charge on any atom is -0.435 e. The Morgan fingerprint density at radius 2 is 0.733 bits per heavy atom. The normalized spacial score (nSPS) is 10.4. The van der Waals surface area contributed by atoms with Crippen molar-refractivity contribution in [2.45, 2.75) is 26.2 Å². The molecule has 4 N–H and O–H groups in total. The molecule has 4 nitrogen and oxygen atoms in total. The third-order valence-corrected chi connectivity index (χ3v) is 19.5. The maximum atomic E-state index is 8.70. The third-order valence-electron chi connectivity index (χ3n) is 0.724. The molecule has 0 aliphatic heterocycles. The average Bonchev–Trinajstić information content (AvgIpc) is 1.79. The Morgan fingerprint density at radius 3 is 0.733 bits per heavy atom. The van der Waals surface area contributed by atoms with Crippen molar-refractivity contribution in [2.24, 2.45) is 0 Å². The minimum absolute atomic E-state index is 0. The van der Waals surface area contributed by atoms with Crippen molar-refractivity contribution in [2.75, 3.05) is 0 Å². The Balaban J connectivity index is -0.000000180. The van der Waals surface area contributed by atoms with Crippen molar-refractivity contribution >= 4 is 51.3 Å². The van der Waals surface area contributed by atoms with E-state index < -0.39 is 34.2 Å². The zero-order valence-electron chi connectivity index (χ0n) is 9.09. The van der Waals surface area contributed by atoms with Crippen molar-refractivity contribution in [3.63, 3.8) is 0 Å². The van der Waals surface area contributed by atoms with Gasteiger partial charge in [0.05, 0.1) is 17.1 Å². The fourth-order valence-corrected chi connectivity index (χ4v) is 14.1. The van der Waals surface area contributed by atoms with Gasteiger partial charge in [0.25, 0.3) is 0 Å². The molecule has 0 aliphatic carbocycles. The van der Waals surface area contributed by atoms with Crippen LogP contribution in [0.4, 0.5) is 0 Å². The Hall–Kier alpha value is 1.66. The molecule has 0 saturated heterocycles. The second-order valence-corrected chi connectivity index (χ2v) is 22.5. The van der Waals surface area contributed by atoms with Crippen LogP contribution < -0.4 is 0 Å². The van der Waals surface area contributed by atoms with Crippen LogP contribution in [0.1, 0.15) is 0 Å². The molecule has 9 radical (unpaired) electrons. The summed E-state index contributed by atoms with van der Waals surface area (Å²) >= 11 is 0. The van der Waals surface area contributed by atoms with E-state index in [1.165, 1.54) is 0 Å². The van der Waals surface area contributed by atoms with E-state index in [2.05, 4.69) is 0 Å². The van der Waals surface area contributed by atoms with Crippen LogP contribution in [-0.4, -0.2) is 70.5 Å². The van der Waals surface area contributed by atoms with Gasteiger partial charge in [-0.1, -0.05) is 0 Å². The average molecular weight is 360 g/mol. The largest absolute Gasteiger partial charge is 0.435 e. The molecule has 0 unspecified atom stereocenters. The van der Waals surface area contributed by atoms with Gasteiger partial charge in [0.1, 0.15) is 0 Å². The smallest absolute Gasteiger partial charge is 0.182 e. The van der Waals surface area contributed by atoms with Crippen LogP contribution >= 0.6 is 0 Å². The molecule has 0 rings (SSSR count). The zero-order valence-corrected chi connectivity index (χ0v) is 16.0. The molecule has 0 heterocycles. The summed E-state index contributed by atoms with van der Waals surface area (Å²) in [6, 6.07) is 0. The van der Waals surface area contributed by atoms with E-state index in [4.69, 9.17) is 19.2 Å². The summed E-state index contributed by atoms with van der Waals surface area (Å²) in [5.74, 6) is 0. The van der Waals surface area contributed by atoms with Gasteiger partial charge >= 0.3 is 0 Å². The summed E-state index contributed by atoms with van der Waals surface area (Å²) in [6.07, 6.45) is 0. The molecule has 0 aromatic carbocycles. The Morgan fingerprint density at radius 1 is 0.600 bits per heavy atom. The zero-order chi connectivity index (χ0) is 11.7. The molecule has 0 fully saturated rings. The van der Waals surface area contributed by atoms with E-state index in [1.807, 2.05) is 0 Å². The summed E-state index contributed by atoms with van der Waals surface area (Å²) in [5, 5.41) is 0. The van der Waals surface area contributed by atoms with E-state index in [0.29, 0.717) is 17.1 Å². The monoisotopic (exact) mass is 359 g/mol. The second kappa shape index (κ2) is 13.7. The van der Waals surface area contributed by atoms with Gasteiger partial charge in [-0.15, -0.1) is 0 Å². The molecule has 0 atom stereocenters. The first-order chi connectivity index (χ1) is 6.25. The topological polar surface area (TPSA) is 80.9 Å². The quantitative estimate of drug-likeness (QED) is 0.430. The van der Waals surface area contributed by atoms with Gasteiger partial charge in [-0.25, -0.2) is 0 Å². The van der Waals surface area contributed by atoms with E-state index >= 15 is 0 Å². The summed E-state index contributed by atoms with van der Waals surface area (Å²) in [5.41, 5.74) is 0. The molecule has 0 aliphatic rings. The van der Waals surface area contributed by atoms with Crippen molar-refractivity contribution in [3.05, 3.63) is 0 Å². The van der Waals surface area contributed by atoms with Crippen LogP contribution in [0.3, 0.4) is 0 Å². The molecule has 0 spiro atoms. The molecular weight excluding hydrogens is 344 g/mol. The van der Waals surface area contributed by atoms with E-state index in [9.17, 15) is 0 Å². The van der Waals surface area contributed by atoms with Gasteiger partial charge in [0.15, 0.2) is 34.2 Å². The van der Waals surface area contributed by atoms with Crippen molar-refractivity contribution in [3.8, 4) is 0 Å². The van der Waals surface area contributed by atoms with Crippen molar-refractivity contribution in [1.29, 1.82) is 0 Å². The molecule has 0 aromatic heterocycles.